The number of nitrogen functional groups attached to an aromatic ring is 1. The molecule has 1 aromatic heterocycles. The zero-order valence-electron chi connectivity index (χ0n) is 16.3. The second kappa shape index (κ2) is 8.49. The number of primary amides is 1. The van der Waals surface area contributed by atoms with E-state index in [-0.39, 0.29) is 29.9 Å². The summed E-state index contributed by atoms with van der Waals surface area (Å²) in [4.78, 5) is 32.9. The SMILES string of the molecule is CC(C)N(C(C)C)C(C)N(C(=O)c1cccc(N)c1)c1nc(C(N)=O)cs1. The third-order valence-electron chi connectivity index (χ3n) is 4.30. The second-order valence-corrected chi connectivity index (χ2v) is 7.78. The lowest BCUT2D eigenvalue weighted by atomic mass is 10.1. The largest absolute Gasteiger partial charge is 0.399 e. The Hall–Kier alpha value is -2.45. The topological polar surface area (TPSA) is 106 Å². The highest BCUT2D eigenvalue weighted by molar-refractivity contribution is 7.14. The number of hydrogen-bond acceptors (Lipinski definition) is 6. The van der Waals surface area contributed by atoms with Gasteiger partial charge in [-0.1, -0.05) is 6.07 Å². The van der Waals surface area contributed by atoms with Gasteiger partial charge >= 0.3 is 0 Å². The molecule has 0 saturated carbocycles. The average molecular weight is 390 g/mol. The number of nitrogens with zero attached hydrogens (tertiary/aromatic N) is 3. The fourth-order valence-corrected chi connectivity index (χ4v) is 4.19. The van der Waals surface area contributed by atoms with E-state index in [1.807, 2.05) is 6.92 Å². The van der Waals surface area contributed by atoms with Gasteiger partial charge in [0.25, 0.3) is 11.8 Å². The molecule has 7 nitrogen and oxygen atoms in total. The number of thiazole rings is 1. The summed E-state index contributed by atoms with van der Waals surface area (Å²) >= 11 is 1.22. The summed E-state index contributed by atoms with van der Waals surface area (Å²) < 4.78 is 0. The third kappa shape index (κ3) is 4.64. The van der Waals surface area contributed by atoms with Gasteiger partial charge in [0.2, 0.25) is 0 Å². The molecular weight excluding hydrogens is 362 g/mol. The Labute approximate surface area is 164 Å². The van der Waals surface area contributed by atoms with Crippen molar-refractivity contribution in [2.45, 2.75) is 52.9 Å². The highest BCUT2D eigenvalue weighted by Gasteiger charge is 2.32. The fraction of sp³-hybridized carbons (Fsp3) is 0.421. The van der Waals surface area contributed by atoms with E-state index in [4.69, 9.17) is 11.5 Å². The molecule has 0 bridgehead atoms. The minimum absolute atomic E-state index is 0.146. The van der Waals surface area contributed by atoms with Gasteiger partial charge in [-0.3, -0.25) is 19.4 Å². The van der Waals surface area contributed by atoms with Gasteiger partial charge in [-0.15, -0.1) is 11.3 Å². The van der Waals surface area contributed by atoms with E-state index in [1.54, 1.807) is 34.5 Å². The van der Waals surface area contributed by atoms with Crippen molar-refractivity contribution < 1.29 is 9.59 Å². The van der Waals surface area contributed by atoms with Gasteiger partial charge in [0, 0.05) is 28.7 Å². The normalized spacial score (nSPS) is 12.6. The quantitative estimate of drug-likeness (QED) is 0.559. The molecule has 2 aromatic rings. The molecule has 0 fully saturated rings. The van der Waals surface area contributed by atoms with Crippen LogP contribution in [0.2, 0.25) is 0 Å². The van der Waals surface area contributed by atoms with Crippen LogP contribution in [0.3, 0.4) is 0 Å². The molecule has 0 spiro atoms. The van der Waals surface area contributed by atoms with Crippen LogP contribution in [0.1, 0.15) is 55.5 Å². The standard InChI is InChI=1S/C19H27N5O2S/c1-11(2)23(12(3)4)13(5)24(19-22-16(10-27-19)17(21)25)18(26)14-7-6-8-15(20)9-14/h6-13H,20H2,1-5H3,(H2,21,25). The average Bonchev–Trinajstić information content (AvgIpc) is 3.04. The molecule has 0 radical (unpaired) electrons. The second-order valence-electron chi connectivity index (χ2n) is 6.95. The number of hydrogen-bond donors (Lipinski definition) is 2. The van der Waals surface area contributed by atoms with Gasteiger partial charge in [-0.05, 0) is 52.8 Å². The minimum Gasteiger partial charge on any atom is -0.399 e. The van der Waals surface area contributed by atoms with E-state index >= 15 is 0 Å². The van der Waals surface area contributed by atoms with E-state index in [1.165, 1.54) is 11.3 Å². The molecule has 27 heavy (non-hydrogen) atoms. The van der Waals surface area contributed by atoms with Gasteiger partial charge in [0.05, 0.1) is 6.17 Å². The molecule has 1 aromatic carbocycles. The highest BCUT2D eigenvalue weighted by Crippen LogP contribution is 2.28. The molecule has 1 unspecified atom stereocenters. The van der Waals surface area contributed by atoms with Gasteiger partial charge < -0.3 is 11.5 Å². The zero-order chi connectivity index (χ0) is 20.3. The number of carbonyl (C=O) groups is 2. The number of amides is 2. The molecule has 1 atom stereocenters. The molecule has 2 amide bonds. The van der Waals surface area contributed by atoms with Crippen LogP contribution in [0.15, 0.2) is 29.6 Å². The predicted molar refractivity (Wildman–Crippen MR) is 110 cm³/mol. The highest BCUT2D eigenvalue weighted by atomic mass is 32.1. The van der Waals surface area contributed by atoms with Crippen LogP contribution in [-0.4, -0.2) is 39.9 Å². The first-order valence-electron chi connectivity index (χ1n) is 8.85. The summed E-state index contributed by atoms with van der Waals surface area (Å²) in [6, 6.07) is 7.23. The monoisotopic (exact) mass is 389 g/mol. The Morgan fingerprint density at radius 1 is 1.11 bits per heavy atom. The van der Waals surface area contributed by atoms with Crippen molar-refractivity contribution in [2.24, 2.45) is 5.73 Å². The first kappa shape index (κ1) is 20.9. The van der Waals surface area contributed by atoms with Gasteiger partial charge in [-0.25, -0.2) is 4.98 Å². The third-order valence-corrected chi connectivity index (χ3v) is 5.14. The van der Waals surface area contributed by atoms with Crippen LogP contribution in [0, 0.1) is 0 Å². The van der Waals surface area contributed by atoms with Crippen molar-refractivity contribution in [3.8, 4) is 0 Å². The smallest absolute Gasteiger partial charge is 0.268 e. The van der Waals surface area contributed by atoms with E-state index in [2.05, 4.69) is 37.6 Å². The Kier molecular flexibility index (Phi) is 6.56. The van der Waals surface area contributed by atoms with E-state index in [0.29, 0.717) is 16.4 Å². The lowest BCUT2D eigenvalue weighted by molar-refractivity contribution is 0.0845. The molecule has 0 aliphatic rings. The van der Waals surface area contributed by atoms with Crippen molar-refractivity contribution >= 4 is 34.0 Å². The zero-order valence-corrected chi connectivity index (χ0v) is 17.2. The summed E-state index contributed by atoms with van der Waals surface area (Å²) in [5, 5.41) is 1.99. The van der Waals surface area contributed by atoms with Crippen LogP contribution in [0.25, 0.3) is 0 Å². The van der Waals surface area contributed by atoms with Crippen molar-refractivity contribution in [3.63, 3.8) is 0 Å². The maximum Gasteiger partial charge on any atom is 0.268 e. The lowest BCUT2D eigenvalue weighted by Gasteiger charge is -2.41. The van der Waals surface area contributed by atoms with Crippen molar-refractivity contribution in [3.05, 3.63) is 40.9 Å². The summed E-state index contributed by atoms with van der Waals surface area (Å²) in [6.07, 6.45) is -0.286. The molecule has 0 aliphatic carbocycles. The number of benzene rings is 1. The first-order valence-corrected chi connectivity index (χ1v) is 9.73. The minimum atomic E-state index is -0.619. The number of rotatable bonds is 7. The summed E-state index contributed by atoms with van der Waals surface area (Å²) in [5.41, 5.74) is 12.3. The van der Waals surface area contributed by atoms with Crippen molar-refractivity contribution in [2.75, 3.05) is 10.6 Å². The number of nitrogens with two attached hydrogens (primary N) is 2. The number of aromatic nitrogens is 1. The maximum atomic E-state index is 13.4. The van der Waals surface area contributed by atoms with Crippen molar-refractivity contribution in [1.82, 2.24) is 9.88 Å². The van der Waals surface area contributed by atoms with Crippen LogP contribution < -0.4 is 16.4 Å². The molecule has 4 N–H and O–H groups in total. The summed E-state index contributed by atoms with van der Waals surface area (Å²) in [6.45, 7) is 10.3. The van der Waals surface area contributed by atoms with Gasteiger partial charge in [0.1, 0.15) is 5.69 Å². The first-order chi connectivity index (χ1) is 12.6. The predicted octanol–water partition coefficient (Wildman–Crippen LogP) is 2.94. The van der Waals surface area contributed by atoms with E-state index in [0.717, 1.165) is 0 Å². The molecule has 0 aliphatic heterocycles. The Morgan fingerprint density at radius 2 is 1.74 bits per heavy atom. The van der Waals surface area contributed by atoms with Crippen LogP contribution in [-0.2, 0) is 0 Å². The molecule has 1 heterocycles. The number of anilines is 2. The molecule has 8 heteroatoms. The molecule has 0 saturated heterocycles. The summed E-state index contributed by atoms with van der Waals surface area (Å²) in [5.74, 6) is -0.849. The van der Waals surface area contributed by atoms with E-state index in [9.17, 15) is 9.59 Å². The molecular formula is C19H27N5O2S. The van der Waals surface area contributed by atoms with Crippen molar-refractivity contribution in [1.29, 1.82) is 0 Å². The van der Waals surface area contributed by atoms with Gasteiger partial charge in [0.15, 0.2) is 5.13 Å². The van der Waals surface area contributed by atoms with Gasteiger partial charge in [-0.2, -0.15) is 0 Å². The summed E-state index contributed by atoms with van der Waals surface area (Å²) in [7, 11) is 0. The van der Waals surface area contributed by atoms with Crippen LogP contribution in [0.4, 0.5) is 10.8 Å². The molecule has 2 rings (SSSR count). The lowest BCUT2D eigenvalue weighted by Crippen LogP contribution is -2.54. The van der Waals surface area contributed by atoms with Crippen LogP contribution in [0.5, 0.6) is 0 Å². The van der Waals surface area contributed by atoms with E-state index < -0.39 is 5.91 Å². The Bertz CT molecular complexity index is 810. The Morgan fingerprint density at radius 3 is 2.22 bits per heavy atom. The molecule has 146 valence electrons. The van der Waals surface area contributed by atoms with Crippen LogP contribution >= 0.6 is 11.3 Å². The Balaban J connectivity index is 2.53. The number of carbonyl (C=O) groups excluding carboxylic acids is 2. The maximum absolute atomic E-state index is 13.4. The fourth-order valence-electron chi connectivity index (χ4n) is 3.31.